The van der Waals surface area contributed by atoms with Crippen LogP contribution in [0.3, 0.4) is 0 Å². The minimum atomic E-state index is -0.900. The summed E-state index contributed by atoms with van der Waals surface area (Å²) in [7, 11) is 0. The summed E-state index contributed by atoms with van der Waals surface area (Å²) in [5.41, 5.74) is 2.05. The number of rotatable bonds is 3. The Morgan fingerprint density at radius 3 is 2.36 bits per heavy atom. The third-order valence-electron chi connectivity index (χ3n) is 5.48. The molecule has 4 nitrogen and oxygen atoms in total. The van der Waals surface area contributed by atoms with Gasteiger partial charge in [-0.15, -0.1) is 0 Å². The lowest BCUT2D eigenvalue weighted by atomic mass is 9.73. The fraction of sp³-hybridized carbons (Fsp3) is 0.556. The van der Waals surface area contributed by atoms with Crippen molar-refractivity contribution in [3.8, 4) is 0 Å². The maximum Gasteiger partial charge on any atom is 0.312 e. The molecule has 1 aliphatic heterocycles. The van der Waals surface area contributed by atoms with E-state index in [-0.39, 0.29) is 18.2 Å². The van der Waals surface area contributed by atoms with Crippen molar-refractivity contribution in [1.82, 2.24) is 0 Å². The van der Waals surface area contributed by atoms with Crippen molar-refractivity contribution in [3.05, 3.63) is 29.3 Å². The monoisotopic (exact) mass is 301 g/mol. The van der Waals surface area contributed by atoms with Gasteiger partial charge in [0.2, 0.25) is 5.91 Å². The van der Waals surface area contributed by atoms with Crippen molar-refractivity contribution in [1.29, 1.82) is 0 Å². The Morgan fingerprint density at radius 2 is 1.82 bits per heavy atom. The number of aliphatic carboxylic acids is 1. The summed E-state index contributed by atoms with van der Waals surface area (Å²) < 4.78 is 0. The molecule has 1 saturated heterocycles. The molecule has 1 aromatic carbocycles. The zero-order chi connectivity index (χ0) is 15.9. The normalized spacial score (nSPS) is 25.9. The standard InChI is InChI=1S/C18H23NO3/c1-12-6-5-7-13(2)16(12)19-11-18(17(21)22,10-15(19)20)14-8-3-4-9-14/h5-7,14H,3-4,8-11H2,1-2H3,(H,21,22). The lowest BCUT2D eigenvalue weighted by molar-refractivity contribution is -0.152. The summed E-state index contributed by atoms with van der Waals surface area (Å²) in [5, 5.41) is 9.87. The van der Waals surface area contributed by atoms with Crippen LogP contribution in [0.4, 0.5) is 5.69 Å². The number of aryl methyl sites for hydroxylation is 2. The van der Waals surface area contributed by atoms with E-state index in [2.05, 4.69) is 0 Å². The first-order valence-corrected chi connectivity index (χ1v) is 8.06. The molecule has 4 heteroatoms. The summed E-state index contributed by atoms with van der Waals surface area (Å²) in [6, 6.07) is 5.92. The van der Waals surface area contributed by atoms with Crippen LogP contribution >= 0.6 is 0 Å². The minimum absolute atomic E-state index is 0.0494. The van der Waals surface area contributed by atoms with E-state index in [1.807, 2.05) is 32.0 Å². The molecule has 1 heterocycles. The average Bonchev–Trinajstić information content (AvgIpc) is 3.08. The predicted octanol–water partition coefficient (Wildman–Crippen LogP) is 3.30. The molecule has 1 N–H and O–H groups in total. The highest BCUT2D eigenvalue weighted by molar-refractivity contribution is 6.02. The molecule has 118 valence electrons. The Bertz CT molecular complexity index is 599. The van der Waals surface area contributed by atoms with E-state index in [0.29, 0.717) is 6.54 Å². The van der Waals surface area contributed by atoms with Gasteiger partial charge in [0, 0.05) is 18.7 Å². The molecular weight excluding hydrogens is 278 g/mol. The van der Waals surface area contributed by atoms with Crippen molar-refractivity contribution in [2.24, 2.45) is 11.3 Å². The summed E-state index contributed by atoms with van der Waals surface area (Å²) in [6.07, 6.45) is 4.16. The van der Waals surface area contributed by atoms with Gasteiger partial charge in [-0.25, -0.2) is 0 Å². The molecule has 22 heavy (non-hydrogen) atoms. The highest BCUT2D eigenvalue weighted by atomic mass is 16.4. The molecule has 1 amide bonds. The summed E-state index contributed by atoms with van der Waals surface area (Å²) in [5.74, 6) is -0.725. The first kappa shape index (κ1) is 15.1. The number of nitrogens with zero attached hydrogens (tertiary/aromatic N) is 1. The van der Waals surface area contributed by atoms with E-state index in [9.17, 15) is 14.7 Å². The second-order valence-corrected chi connectivity index (χ2v) is 6.84. The maximum atomic E-state index is 12.6. The number of carbonyl (C=O) groups excluding carboxylic acids is 1. The molecular formula is C18H23NO3. The van der Waals surface area contributed by atoms with Crippen LogP contribution in [0, 0.1) is 25.2 Å². The first-order valence-electron chi connectivity index (χ1n) is 8.06. The van der Waals surface area contributed by atoms with Gasteiger partial charge in [0.05, 0.1) is 5.41 Å². The van der Waals surface area contributed by atoms with Crippen LogP contribution in [0.5, 0.6) is 0 Å². The molecule has 2 aliphatic rings. The van der Waals surface area contributed by atoms with Crippen molar-refractivity contribution in [2.75, 3.05) is 11.4 Å². The van der Waals surface area contributed by atoms with E-state index < -0.39 is 11.4 Å². The molecule has 0 bridgehead atoms. The molecule has 0 radical (unpaired) electrons. The van der Waals surface area contributed by atoms with Gasteiger partial charge in [-0.1, -0.05) is 31.0 Å². The van der Waals surface area contributed by atoms with Crippen molar-refractivity contribution in [2.45, 2.75) is 46.0 Å². The minimum Gasteiger partial charge on any atom is -0.481 e. The Hall–Kier alpha value is -1.84. The lowest BCUT2D eigenvalue weighted by Gasteiger charge is -2.31. The smallest absolute Gasteiger partial charge is 0.312 e. The van der Waals surface area contributed by atoms with Crippen LogP contribution in [0.1, 0.15) is 43.2 Å². The van der Waals surface area contributed by atoms with Gasteiger partial charge < -0.3 is 10.0 Å². The zero-order valence-electron chi connectivity index (χ0n) is 13.3. The summed E-state index contributed by atoms with van der Waals surface area (Å²) >= 11 is 0. The first-order chi connectivity index (χ1) is 10.5. The third kappa shape index (κ3) is 2.21. The van der Waals surface area contributed by atoms with E-state index in [1.165, 1.54) is 0 Å². The Morgan fingerprint density at radius 1 is 1.23 bits per heavy atom. The second-order valence-electron chi connectivity index (χ2n) is 6.84. The third-order valence-corrected chi connectivity index (χ3v) is 5.48. The molecule has 1 aromatic rings. The predicted molar refractivity (Wildman–Crippen MR) is 84.9 cm³/mol. The van der Waals surface area contributed by atoms with E-state index >= 15 is 0 Å². The van der Waals surface area contributed by atoms with Gasteiger partial charge in [-0.3, -0.25) is 9.59 Å². The Kier molecular flexibility index (Phi) is 3.71. The van der Waals surface area contributed by atoms with Crippen LogP contribution in [-0.4, -0.2) is 23.5 Å². The van der Waals surface area contributed by atoms with Crippen molar-refractivity contribution < 1.29 is 14.7 Å². The molecule has 1 saturated carbocycles. The molecule has 3 rings (SSSR count). The molecule has 1 atom stereocenters. The number of carboxylic acids is 1. The topological polar surface area (TPSA) is 57.6 Å². The molecule has 1 aliphatic carbocycles. The number of para-hydroxylation sites is 1. The molecule has 0 aromatic heterocycles. The maximum absolute atomic E-state index is 12.6. The van der Waals surface area contributed by atoms with Crippen molar-refractivity contribution >= 4 is 17.6 Å². The number of carboxylic acid groups (broad SMARTS) is 1. The number of carbonyl (C=O) groups is 2. The SMILES string of the molecule is Cc1cccc(C)c1N1CC(C(=O)O)(C2CCCC2)CC1=O. The summed E-state index contributed by atoms with van der Waals surface area (Å²) in [4.78, 5) is 26.4. The largest absolute Gasteiger partial charge is 0.481 e. The van der Waals surface area contributed by atoms with Gasteiger partial charge in [0.1, 0.15) is 0 Å². The van der Waals surface area contributed by atoms with Crippen LogP contribution in [-0.2, 0) is 9.59 Å². The van der Waals surface area contributed by atoms with E-state index in [1.54, 1.807) is 4.90 Å². The number of anilines is 1. The van der Waals surface area contributed by atoms with Gasteiger partial charge in [-0.2, -0.15) is 0 Å². The van der Waals surface area contributed by atoms with Crippen LogP contribution < -0.4 is 4.90 Å². The second kappa shape index (κ2) is 5.41. The number of hydrogen-bond donors (Lipinski definition) is 1. The van der Waals surface area contributed by atoms with E-state index in [4.69, 9.17) is 0 Å². The zero-order valence-corrected chi connectivity index (χ0v) is 13.3. The van der Waals surface area contributed by atoms with Gasteiger partial charge in [-0.05, 0) is 43.7 Å². The lowest BCUT2D eigenvalue weighted by Crippen LogP contribution is -2.40. The number of amides is 1. The fourth-order valence-electron chi connectivity index (χ4n) is 4.30. The van der Waals surface area contributed by atoms with Gasteiger partial charge in [0.25, 0.3) is 0 Å². The Labute approximate surface area is 131 Å². The van der Waals surface area contributed by atoms with E-state index in [0.717, 1.165) is 42.5 Å². The quantitative estimate of drug-likeness (QED) is 0.932. The highest BCUT2D eigenvalue weighted by Crippen LogP contribution is 2.48. The summed E-state index contributed by atoms with van der Waals surface area (Å²) in [6.45, 7) is 4.27. The van der Waals surface area contributed by atoms with Crippen LogP contribution in [0.15, 0.2) is 18.2 Å². The van der Waals surface area contributed by atoms with Gasteiger partial charge in [0.15, 0.2) is 0 Å². The van der Waals surface area contributed by atoms with Gasteiger partial charge >= 0.3 is 5.97 Å². The Balaban J connectivity index is 1.99. The molecule has 0 spiro atoms. The number of benzene rings is 1. The fourth-order valence-corrected chi connectivity index (χ4v) is 4.30. The molecule has 1 unspecified atom stereocenters. The van der Waals surface area contributed by atoms with Crippen LogP contribution in [0.2, 0.25) is 0 Å². The average molecular weight is 301 g/mol. The highest BCUT2D eigenvalue weighted by Gasteiger charge is 2.55. The number of hydrogen-bond acceptors (Lipinski definition) is 2. The molecule has 2 fully saturated rings. The van der Waals surface area contributed by atoms with Crippen LogP contribution in [0.25, 0.3) is 0 Å². The van der Waals surface area contributed by atoms with Crippen molar-refractivity contribution in [3.63, 3.8) is 0 Å².